The molecule has 5 rings (SSSR count). The highest BCUT2D eigenvalue weighted by Gasteiger charge is 2.19. The fraction of sp³-hybridized carbons (Fsp3) is 0.103. The molecule has 0 N–H and O–H groups in total. The van der Waals surface area contributed by atoms with Gasteiger partial charge in [0.05, 0.1) is 17.3 Å². The smallest absolute Gasteiger partial charge is 0.221 e. The lowest BCUT2D eigenvalue weighted by Crippen LogP contribution is -2.02. The number of carbonyl (C=O) groups is 1. The second-order valence-corrected chi connectivity index (χ2v) is 9.04. The number of benzene rings is 4. The Kier molecular flexibility index (Phi) is 6.91. The summed E-state index contributed by atoms with van der Waals surface area (Å²) in [7, 11) is 1.38. The van der Waals surface area contributed by atoms with Crippen molar-refractivity contribution in [1.29, 1.82) is 0 Å². The molecule has 1 aromatic heterocycles. The van der Waals surface area contributed by atoms with Crippen LogP contribution in [0.4, 0.5) is 4.39 Å². The van der Waals surface area contributed by atoms with Gasteiger partial charge in [-0.3, -0.25) is 4.79 Å². The molecule has 0 aliphatic rings. The van der Waals surface area contributed by atoms with Crippen molar-refractivity contribution in [3.8, 4) is 17.2 Å². The molecule has 36 heavy (non-hydrogen) atoms. The molecule has 0 spiro atoms. The summed E-state index contributed by atoms with van der Waals surface area (Å²) in [5.41, 5.74) is 2.84. The van der Waals surface area contributed by atoms with Gasteiger partial charge < -0.3 is 14.2 Å². The van der Waals surface area contributed by atoms with Crippen LogP contribution in [0.1, 0.15) is 26.5 Å². The Bertz CT molecular complexity index is 1420. The van der Waals surface area contributed by atoms with Gasteiger partial charge in [0.1, 0.15) is 13.2 Å². The second kappa shape index (κ2) is 10.6. The van der Waals surface area contributed by atoms with Crippen molar-refractivity contribution >= 4 is 27.3 Å². The molecular formula is C29H22FNO4S. The zero-order valence-corrected chi connectivity index (χ0v) is 20.3. The van der Waals surface area contributed by atoms with E-state index in [9.17, 15) is 9.18 Å². The molecule has 0 bridgehead atoms. The van der Waals surface area contributed by atoms with Gasteiger partial charge in [0.2, 0.25) is 5.78 Å². The van der Waals surface area contributed by atoms with Crippen molar-refractivity contribution in [2.24, 2.45) is 0 Å². The zero-order valence-electron chi connectivity index (χ0n) is 19.4. The van der Waals surface area contributed by atoms with Crippen LogP contribution in [0.3, 0.4) is 0 Å². The maximum atomic E-state index is 14.2. The van der Waals surface area contributed by atoms with Gasteiger partial charge in [-0.15, -0.1) is 11.3 Å². The standard InChI is InChI=1S/C29H22FNO4S/c1-33-24-13-12-21(14-22(24)30)28(32)29-31-23-15-25(34-17-19-8-4-2-5-9-19)26(16-27(23)36-29)35-18-20-10-6-3-7-11-20/h2-16H,17-18H2,1H3. The molecule has 0 saturated heterocycles. The van der Waals surface area contributed by atoms with Crippen LogP contribution in [0.2, 0.25) is 0 Å². The molecule has 0 atom stereocenters. The highest BCUT2D eigenvalue weighted by Crippen LogP contribution is 2.37. The van der Waals surface area contributed by atoms with E-state index in [0.717, 1.165) is 21.9 Å². The van der Waals surface area contributed by atoms with Gasteiger partial charge in [0.25, 0.3) is 0 Å². The second-order valence-electron chi connectivity index (χ2n) is 8.01. The summed E-state index contributed by atoms with van der Waals surface area (Å²) in [6.45, 7) is 0.721. The molecule has 0 aliphatic heterocycles. The predicted octanol–water partition coefficient (Wildman–Crippen LogP) is 6.83. The lowest BCUT2D eigenvalue weighted by atomic mass is 10.1. The van der Waals surface area contributed by atoms with Crippen LogP contribution < -0.4 is 14.2 Å². The minimum Gasteiger partial charge on any atom is -0.494 e. The summed E-state index contributed by atoms with van der Waals surface area (Å²) in [6, 6.07) is 27.4. The topological polar surface area (TPSA) is 57.7 Å². The summed E-state index contributed by atoms with van der Waals surface area (Å²) in [4.78, 5) is 17.6. The van der Waals surface area contributed by atoms with Crippen LogP contribution in [-0.2, 0) is 13.2 Å². The van der Waals surface area contributed by atoms with Crippen molar-refractivity contribution in [2.45, 2.75) is 13.2 Å². The zero-order chi connectivity index (χ0) is 24.9. The average Bonchev–Trinajstić information content (AvgIpc) is 3.34. The average molecular weight is 500 g/mol. The van der Waals surface area contributed by atoms with E-state index in [4.69, 9.17) is 14.2 Å². The van der Waals surface area contributed by atoms with Crippen LogP contribution in [0.25, 0.3) is 10.2 Å². The first-order valence-corrected chi connectivity index (χ1v) is 12.1. The third kappa shape index (κ3) is 5.21. The lowest BCUT2D eigenvalue weighted by molar-refractivity contribution is 0.103. The number of methoxy groups -OCH3 is 1. The van der Waals surface area contributed by atoms with Gasteiger partial charge in [-0.25, -0.2) is 9.37 Å². The molecule has 4 aromatic carbocycles. The van der Waals surface area contributed by atoms with Crippen molar-refractivity contribution in [3.63, 3.8) is 0 Å². The molecule has 0 fully saturated rings. The van der Waals surface area contributed by atoms with E-state index in [1.807, 2.05) is 66.7 Å². The molecule has 0 amide bonds. The fourth-order valence-electron chi connectivity index (χ4n) is 3.66. The quantitative estimate of drug-likeness (QED) is 0.208. The Morgan fingerprint density at radius 1 is 0.806 bits per heavy atom. The molecule has 1 heterocycles. The highest BCUT2D eigenvalue weighted by molar-refractivity contribution is 7.20. The number of nitrogens with zero attached hydrogens (tertiary/aromatic N) is 1. The van der Waals surface area contributed by atoms with Crippen LogP contribution in [-0.4, -0.2) is 17.9 Å². The normalized spacial score (nSPS) is 10.8. The Morgan fingerprint density at radius 2 is 1.42 bits per heavy atom. The van der Waals surface area contributed by atoms with Gasteiger partial charge in [-0.2, -0.15) is 0 Å². The maximum absolute atomic E-state index is 14.2. The van der Waals surface area contributed by atoms with Crippen molar-refractivity contribution in [3.05, 3.63) is 119 Å². The number of ether oxygens (including phenoxy) is 3. The minimum atomic E-state index is -0.599. The largest absolute Gasteiger partial charge is 0.494 e. The first kappa shape index (κ1) is 23.5. The molecule has 5 aromatic rings. The summed E-state index contributed by atoms with van der Waals surface area (Å²) >= 11 is 1.23. The monoisotopic (exact) mass is 499 g/mol. The van der Waals surface area contributed by atoms with E-state index in [-0.39, 0.29) is 22.1 Å². The SMILES string of the molecule is COc1ccc(C(=O)c2nc3cc(OCc4ccccc4)c(OCc4ccccc4)cc3s2)cc1F. The van der Waals surface area contributed by atoms with Crippen molar-refractivity contribution in [1.82, 2.24) is 4.98 Å². The summed E-state index contributed by atoms with van der Waals surface area (Å²) in [5.74, 6) is 0.202. The van der Waals surface area contributed by atoms with E-state index in [2.05, 4.69) is 4.98 Å². The van der Waals surface area contributed by atoms with Crippen LogP contribution in [0.15, 0.2) is 91.0 Å². The molecule has 7 heteroatoms. The summed E-state index contributed by atoms with van der Waals surface area (Å²) < 4.78 is 32.1. The van der Waals surface area contributed by atoms with E-state index >= 15 is 0 Å². The van der Waals surface area contributed by atoms with E-state index in [0.29, 0.717) is 30.2 Å². The number of thiazole rings is 1. The first-order valence-electron chi connectivity index (χ1n) is 11.3. The third-order valence-electron chi connectivity index (χ3n) is 5.54. The molecule has 0 unspecified atom stereocenters. The number of hydrogen-bond acceptors (Lipinski definition) is 6. The lowest BCUT2D eigenvalue weighted by Gasteiger charge is -2.13. The van der Waals surface area contributed by atoms with Crippen molar-refractivity contribution in [2.75, 3.05) is 7.11 Å². The van der Waals surface area contributed by atoms with Gasteiger partial charge in [-0.05, 0) is 29.3 Å². The molecule has 180 valence electrons. The molecule has 0 aliphatic carbocycles. The van der Waals surface area contributed by atoms with Crippen LogP contribution >= 0.6 is 11.3 Å². The Morgan fingerprint density at radius 3 is 2.00 bits per heavy atom. The number of rotatable bonds is 9. The Balaban J connectivity index is 1.46. The van der Waals surface area contributed by atoms with Crippen molar-refractivity contribution < 1.29 is 23.4 Å². The summed E-state index contributed by atoms with van der Waals surface area (Å²) in [6.07, 6.45) is 0. The van der Waals surface area contributed by atoms with Gasteiger partial charge in [-0.1, -0.05) is 60.7 Å². The first-order chi connectivity index (χ1) is 17.6. The maximum Gasteiger partial charge on any atom is 0.221 e. The Labute approximate surface area is 211 Å². The molecule has 5 nitrogen and oxygen atoms in total. The molecule has 0 radical (unpaired) electrons. The van der Waals surface area contributed by atoms with Crippen LogP contribution in [0.5, 0.6) is 17.2 Å². The number of fused-ring (bicyclic) bond motifs is 1. The third-order valence-corrected chi connectivity index (χ3v) is 6.55. The predicted molar refractivity (Wildman–Crippen MR) is 138 cm³/mol. The Hall–Kier alpha value is -4.23. The highest BCUT2D eigenvalue weighted by atomic mass is 32.1. The summed E-state index contributed by atoms with van der Waals surface area (Å²) in [5, 5.41) is 0.254. The van der Waals surface area contributed by atoms with Gasteiger partial charge in [0.15, 0.2) is 28.1 Å². The van der Waals surface area contributed by atoms with E-state index < -0.39 is 5.82 Å². The molecular weight excluding hydrogens is 477 g/mol. The van der Waals surface area contributed by atoms with Gasteiger partial charge in [0, 0.05) is 17.7 Å². The number of carbonyl (C=O) groups excluding carboxylic acids is 1. The molecule has 0 saturated carbocycles. The van der Waals surface area contributed by atoms with Gasteiger partial charge >= 0.3 is 0 Å². The number of hydrogen-bond donors (Lipinski definition) is 0. The number of aromatic nitrogens is 1. The number of ketones is 1. The minimum absolute atomic E-state index is 0.0799. The van der Waals surface area contributed by atoms with Crippen LogP contribution in [0, 0.1) is 5.82 Å². The van der Waals surface area contributed by atoms with E-state index in [1.165, 1.54) is 30.6 Å². The van der Waals surface area contributed by atoms with E-state index in [1.54, 1.807) is 6.07 Å². The fourth-order valence-corrected chi connectivity index (χ4v) is 4.60. The number of halogens is 1.